The third-order valence-corrected chi connectivity index (χ3v) is 7.30. The van der Waals surface area contributed by atoms with Gasteiger partial charge >= 0.3 is 11.9 Å². The van der Waals surface area contributed by atoms with E-state index in [-0.39, 0.29) is 25.2 Å². The van der Waals surface area contributed by atoms with Gasteiger partial charge in [0.25, 0.3) is 0 Å². The van der Waals surface area contributed by atoms with Gasteiger partial charge in [0, 0.05) is 12.8 Å². The van der Waals surface area contributed by atoms with Gasteiger partial charge in [-0.1, -0.05) is 126 Å². The molecule has 0 aliphatic carbocycles. The van der Waals surface area contributed by atoms with Crippen LogP contribution >= 0.6 is 0 Å². The van der Waals surface area contributed by atoms with Gasteiger partial charge in [-0.25, -0.2) is 0 Å². The first-order chi connectivity index (χ1) is 21.6. The molecule has 0 aliphatic heterocycles. The van der Waals surface area contributed by atoms with Crippen molar-refractivity contribution >= 4 is 11.9 Å². The minimum atomic E-state index is -0.795. The number of aliphatic hydroxyl groups excluding tert-OH is 1. The van der Waals surface area contributed by atoms with Gasteiger partial charge in [-0.05, 0) is 77.0 Å². The first kappa shape index (κ1) is 41.6. The molecule has 0 aromatic heterocycles. The summed E-state index contributed by atoms with van der Waals surface area (Å²) in [6, 6.07) is 0. The molecule has 0 radical (unpaired) electrons. The summed E-state index contributed by atoms with van der Waals surface area (Å²) in [7, 11) is 0. The lowest BCUT2D eigenvalue weighted by Crippen LogP contribution is -2.28. The van der Waals surface area contributed by atoms with E-state index in [2.05, 4.69) is 74.6 Å². The van der Waals surface area contributed by atoms with Crippen molar-refractivity contribution in [2.24, 2.45) is 0 Å². The maximum absolute atomic E-state index is 12.1. The first-order valence-electron chi connectivity index (χ1n) is 17.8. The van der Waals surface area contributed by atoms with E-state index >= 15 is 0 Å². The predicted octanol–water partition coefficient (Wildman–Crippen LogP) is 10.8. The Balaban J connectivity index is 3.67. The highest BCUT2D eigenvalue weighted by atomic mass is 16.6. The third-order valence-electron chi connectivity index (χ3n) is 7.30. The largest absolute Gasteiger partial charge is 0.462 e. The second-order valence-electron chi connectivity index (χ2n) is 11.6. The Labute approximate surface area is 271 Å². The van der Waals surface area contributed by atoms with Crippen LogP contribution < -0.4 is 0 Å². The van der Waals surface area contributed by atoms with Crippen molar-refractivity contribution in [1.82, 2.24) is 0 Å². The molecule has 5 heteroatoms. The molecule has 0 bridgehead atoms. The summed E-state index contributed by atoms with van der Waals surface area (Å²) in [6.45, 7) is 3.95. The number of carbonyl (C=O) groups is 2. The number of esters is 2. The SMILES string of the molecule is CCC=CCC=CCC=CCC=CCCCCC(=O)O[C@@H](CO)COC(=O)CCCCCCCCCC=CCCCCCC. The second-order valence-corrected chi connectivity index (χ2v) is 11.6. The fraction of sp³-hybridized carbons (Fsp3) is 0.692. The van der Waals surface area contributed by atoms with E-state index in [0.29, 0.717) is 12.8 Å². The van der Waals surface area contributed by atoms with Crippen LogP contribution in [0.25, 0.3) is 0 Å². The Morgan fingerprint density at radius 2 is 0.977 bits per heavy atom. The number of aliphatic hydroxyl groups is 1. The minimum Gasteiger partial charge on any atom is -0.462 e. The van der Waals surface area contributed by atoms with Gasteiger partial charge in [0.1, 0.15) is 6.61 Å². The zero-order valence-corrected chi connectivity index (χ0v) is 28.4. The maximum atomic E-state index is 12.1. The highest BCUT2D eigenvalue weighted by Crippen LogP contribution is 2.12. The summed E-state index contributed by atoms with van der Waals surface area (Å²) >= 11 is 0. The number of carbonyl (C=O) groups excluding carboxylic acids is 2. The average Bonchev–Trinajstić information content (AvgIpc) is 3.02. The predicted molar refractivity (Wildman–Crippen MR) is 187 cm³/mol. The summed E-state index contributed by atoms with van der Waals surface area (Å²) in [4.78, 5) is 24.2. The molecule has 1 atom stereocenters. The standard InChI is InChI=1S/C39H66O5/c1-3-5-7-9-11-13-15-17-19-21-23-25-27-29-31-33-38(41)43-36-37(35-40)44-39(42)34-32-30-28-26-24-22-20-18-16-14-12-10-8-6-4-2/h6,8,12-15,18,20,24,26,37,40H,3-5,7,9-11,16-17,19,21-23,25,27-36H2,1-2H3/t37-/m0/s1. The van der Waals surface area contributed by atoms with Crippen LogP contribution in [0.3, 0.4) is 0 Å². The van der Waals surface area contributed by atoms with Crippen molar-refractivity contribution in [3.63, 3.8) is 0 Å². The fourth-order valence-electron chi connectivity index (χ4n) is 4.60. The molecule has 252 valence electrons. The van der Waals surface area contributed by atoms with Crippen molar-refractivity contribution in [3.8, 4) is 0 Å². The summed E-state index contributed by atoms with van der Waals surface area (Å²) in [5, 5.41) is 9.52. The van der Waals surface area contributed by atoms with Gasteiger partial charge < -0.3 is 14.6 Å². The van der Waals surface area contributed by atoms with E-state index in [0.717, 1.165) is 64.2 Å². The zero-order valence-electron chi connectivity index (χ0n) is 28.4. The highest BCUT2D eigenvalue weighted by molar-refractivity contribution is 5.70. The molecular formula is C39H66O5. The number of allylic oxidation sites excluding steroid dienone is 10. The van der Waals surface area contributed by atoms with Crippen LogP contribution in [0.5, 0.6) is 0 Å². The minimum absolute atomic E-state index is 0.0871. The number of ether oxygens (including phenoxy) is 2. The molecule has 44 heavy (non-hydrogen) atoms. The Bertz CT molecular complexity index is 792. The van der Waals surface area contributed by atoms with Crippen LogP contribution in [-0.4, -0.2) is 36.4 Å². The molecule has 0 fully saturated rings. The number of unbranched alkanes of at least 4 members (excludes halogenated alkanes) is 13. The fourth-order valence-corrected chi connectivity index (χ4v) is 4.60. The van der Waals surface area contributed by atoms with Crippen molar-refractivity contribution in [2.75, 3.05) is 13.2 Å². The lowest BCUT2D eigenvalue weighted by atomic mass is 10.1. The van der Waals surface area contributed by atoms with E-state index in [1.54, 1.807) is 0 Å². The van der Waals surface area contributed by atoms with Crippen LogP contribution in [0.15, 0.2) is 60.8 Å². The Morgan fingerprint density at radius 1 is 0.545 bits per heavy atom. The van der Waals surface area contributed by atoms with Gasteiger partial charge in [-0.2, -0.15) is 0 Å². The van der Waals surface area contributed by atoms with Gasteiger partial charge in [0.15, 0.2) is 6.10 Å². The lowest BCUT2D eigenvalue weighted by molar-refractivity contribution is -0.161. The van der Waals surface area contributed by atoms with Gasteiger partial charge in [0.05, 0.1) is 6.61 Å². The Hall–Kier alpha value is -2.40. The Morgan fingerprint density at radius 3 is 1.55 bits per heavy atom. The van der Waals surface area contributed by atoms with E-state index in [1.165, 1.54) is 64.2 Å². The molecule has 0 saturated carbocycles. The smallest absolute Gasteiger partial charge is 0.306 e. The molecule has 5 nitrogen and oxygen atoms in total. The zero-order chi connectivity index (χ0) is 32.2. The number of hydrogen-bond acceptors (Lipinski definition) is 5. The Kier molecular flexibility index (Phi) is 33.2. The van der Waals surface area contributed by atoms with Crippen molar-refractivity contribution in [1.29, 1.82) is 0 Å². The topological polar surface area (TPSA) is 72.8 Å². The van der Waals surface area contributed by atoms with Crippen LogP contribution in [-0.2, 0) is 19.1 Å². The van der Waals surface area contributed by atoms with Crippen LogP contribution in [0.1, 0.15) is 155 Å². The molecule has 0 unspecified atom stereocenters. The van der Waals surface area contributed by atoms with Gasteiger partial charge in [-0.15, -0.1) is 0 Å². The quantitative estimate of drug-likeness (QED) is 0.0478. The molecule has 0 heterocycles. The van der Waals surface area contributed by atoms with E-state index in [1.807, 2.05) is 0 Å². The molecule has 0 aromatic rings. The van der Waals surface area contributed by atoms with Crippen molar-refractivity contribution < 1.29 is 24.2 Å². The van der Waals surface area contributed by atoms with Gasteiger partial charge in [-0.3, -0.25) is 9.59 Å². The van der Waals surface area contributed by atoms with Crippen LogP contribution in [0, 0.1) is 0 Å². The maximum Gasteiger partial charge on any atom is 0.306 e. The lowest BCUT2D eigenvalue weighted by Gasteiger charge is -2.15. The second kappa shape index (κ2) is 35.1. The number of rotatable bonds is 31. The molecular weight excluding hydrogens is 548 g/mol. The first-order valence-corrected chi connectivity index (χ1v) is 17.8. The molecule has 0 spiro atoms. The monoisotopic (exact) mass is 614 g/mol. The van der Waals surface area contributed by atoms with Crippen LogP contribution in [0.2, 0.25) is 0 Å². The molecule has 0 aliphatic rings. The normalized spacial score (nSPS) is 12.9. The summed E-state index contributed by atoms with van der Waals surface area (Å²) < 4.78 is 10.5. The van der Waals surface area contributed by atoms with Crippen LogP contribution in [0.4, 0.5) is 0 Å². The molecule has 0 saturated heterocycles. The van der Waals surface area contributed by atoms with Gasteiger partial charge in [0.2, 0.25) is 0 Å². The molecule has 0 aromatic carbocycles. The third kappa shape index (κ3) is 32.5. The van der Waals surface area contributed by atoms with Crippen molar-refractivity contribution in [2.45, 2.75) is 161 Å². The van der Waals surface area contributed by atoms with E-state index in [9.17, 15) is 14.7 Å². The average molecular weight is 615 g/mol. The molecule has 1 N–H and O–H groups in total. The highest BCUT2D eigenvalue weighted by Gasteiger charge is 2.16. The number of hydrogen-bond donors (Lipinski definition) is 1. The summed E-state index contributed by atoms with van der Waals surface area (Å²) in [6.07, 6.45) is 44.2. The molecule has 0 rings (SSSR count). The van der Waals surface area contributed by atoms with Crippen molar-refractivity contribution in [3.05, 3.63) is 60.8 Å². The summed E-state index contributed by atoms with van der Waals surface area (Å²) in [5.41, 5.74) is 0. The van der Waals surface area contributed by atoms with E-state index in [4.69, 9.17) is 9.47 Å². The summed E-state index contributed by atoms with van der Waals surface area (Å²) in [5.74, 6) is -0.650. The van der Waals surface area contributed by atoms with E-state index < -0.39 is 6.10 Å². The molecule has 0 amide bonds.